The zero-order valence-electron chi connectivity index (χ0n) is 14.8. The molecule has 0 aliphatic rings. The number of hydrogen-bond acceptors (Lipinski definition) is 4. The fourth-order valence-corrected chi connectivity index (χ4v) is 2.25. The summed E-state index contributed by atoms with van der Waals surface area (Å²) in [5.74, 6) is 2.42. The number of para-hydroxylation sites is 1. The predicted molar refractivity (Wildman–Crippen MR) is 97.4 cm³/mol. The van der Waals surface area contributed by atoms with Crippen LogP contribution < -0.4 is 19.5 Å². The highest BCUT2D eigenvalue weighted by Gasteiger charge is 2.02. The molecule has 0 saturated carbocycles. The lowest BCUT2D eigenvalue weighted by Gasteiger charge is -2.10. The molecular weight excluding hydrogens is 318 g/mol. The van der Waals surface area contributed by atoms with Crippen LogP contribution in [0.1, 0.15) is 18.4 Å². The van der Waals surface area contributed by atoms with Crippen molar-refractivity contribution in [2.24, 2.45) is 0 Å². The number of hydrogen-bond donors (Lipinski definition) is 1. The smallest absolute Gasteiger partial charge is 0.220 e. The van der Waals surface area contributed by atoms with Crippen molar-refractivity contribution in [1.29, 1.82) is 0 Å². The largest absolute Gasteiger partial charge is 0.497 e. The predicted octanol–water partition coefficient (Wildman–Crippen LogP) is 3.36. The Morgan fingerprint density at radius 3 is 2.40 bits per heavy atom. The van der Waals surface area contributed by atoms with Crippen LogP contribution in [-0.2, 0) is 4.79 Å². The first-order chi connectivity index (χ1) is 12.2. The van der Waals surface area contributed by atoms with E-state index in [1.54, 1.807) is 7.11 Å². The van der Waals surface area contributed by atoms with Gasteiger partial charge in [-0.25, -0.2) is 0 Å². The minimum absolute atomic E-state index is 0.00622. The van der Waals surface area contributed by atoms with E-state index in [2.05, 4.69) is 5.32 Å². The van der Waals surface area contributed by atoms with Crippen LogP contribution in [0.15, 0.2) is 48.5 Å². The molecule has 0 heterocycles. The lowest BCUT2D eigenvalue weighted by Crippen LogP contribution is -2.28. The van der Waals surface area contributed by atoms with Crippen LogP contribution in [0.3, 0.4) is 0 Å². The molecule has 0 fully saturated rings. The molecule has 5 heteroatoms. The number of carbonyl (C=O) groups is 1. The van der Waals surface area contributed by atoms with Crippen molar-refractivity contribution < 1.29 is 19.0 Å². The van der Waals surface area contributed by atoms with E-state index in [1.807, 2.05) is 55.5 Å². The van der Waals surface area contributed by atoms with E-state index in [0.29, 0.717) is 32.6 Å². The second kappa shape index (κ2) is 10.2. The summed E-state index contributed by atoms with van der Waals surface area (Å²) >= 11 is 0. The summed E-state index contributed by atoms with van der Waals surface area (Å²) in [4.78, 5) is 11.8. The van der Waals surface area contributed by atoms with Crippen LogP contribution in [0.5, 0.6) is 17.2 Å². The Kier molecular flexibility index (Phi) is 7.63. The normalized spacial score (nSPS) is 10.2. The lowest BCUT2D eigenvalue weighted by atomic mass is 10.2. The van der Waals surface area contributed by atoms with Gasteiger partial charge in [0.25, 0.3) is 0 Å². The number of methoxy groups -OCH3 is 1. The highest BCUT2D eigenvalue weighted by molar-refractivity contribution is 5.75. The lowest BCUT2D eigenvalue weighted by molar-refractivity contribution is -0.121. The Morgan fingerprint density at radius 1 is 0.960 bits per heavy atom. The summed E-state index contributed by atoms with van der Waals surface area (Å²) in [6.07, 6.45) is 1.09. The zero-order chi connectivity index (χ0) is 17.9. The second-order valence-corrected chi connectivity index (χ2v) is 5.59. The van der Waals surface area contributed by atoms with E-state index >= 15 is 0 Å². The van der Waals surface area contributed by atoms with Crippen molar-refractivity contribution in [3.8, 4) is 17.2 Å². The quantitative estimate of drug-likeness (QED) is 0.672. The Morgan fingerprint density at radius 2 is 1.68 bits per heavy atom. The Bertz CT molecular complexity index is 655. The number of nitrogens with one attached hydrogen (secondary N) is 1. The van der Waals surface area contributed by atoms with Gasteiger partial charge in [0.1, 0.15) is 23.9 Å². The standard InChI is InChI=1S/C20H25NO4/c1-16-6-3-4-7-19(16)25-15-13-21-20(22)8-5-14-24-18-11-9-17(23-2)10-12-18/h3-4,6-7,9-12H,5,8,13-15H2,1-2H3,(H,21,22). The molecule has 2 aromatic carbocycles. The van der Waals surface area contributed by atoms with Crippen LogP contribution in [0, 0.1) is 6.92 Å². The Labute approximate surface area is 148 Å². The molecule has 0 saturated heterocycles. The molecule has 5 nitrogen and oxygen atoms in total. The number of carbonyl (C=O) groups excluding carboxylic acids is 1. The highest BCUT2D eigenvalue weighted by Crippen LogP contribution is 2.17. The van der Waals surface area contributed by atoms with Crippen molar-refractivity contribution in [3.05, 3.63) is 54.1 Å². The molecule has 0 spiro atoms. The van der Waals surface area contributed by atoms with E-state index in [1.165, 1.54) is 0 Å². The van der Waals surface area contributed by atoms with Gasteiger partial charge >= 0.3 is 0 Å². The number of amides is 1. The molecule has 0 radical (unpaired) electrons. The first-order valence-electron chi connectivity index (χ1n) is 8.41. The summed E-state index contributed by atoms with van der Waals surface area (Å²) in [7, 11) is 1.63. The summed E-state index contributed by atoms with van der Waals surface area (Å²) in [5.41, 5.74) is 1.09. The van der Waals surface area contributed by atoms with E-state index < -0.39 is 0 Å². The molecule has 1 N–H and O–H groups in total. The fourth-order valence-electron chi connectivity index (χ4n) is 2.25. The molecule has 0 aliphatic heterocycles. The SMILES string of the molecule is COc1ccc(OCCCC(=O)NCCOc2ccccc2C)cc1. The molecule has 2 rings (SSSR count). The third-order valence-corrected chi connectivity index (χ3v) is 3.65. The molecule has 1 amide bonds. The summed E-state index contributed by atoms with van der Waals surface area (Å²) in [6, 6.07) is 15.2. The van der Waals surface area contributed by atoms with E-state index in [4.69, 9.17) is 14.2 Å². The van der Waals surface area contributed by atoms with Crippen LogP contribution in [0.4, 0.5) is 0 Å². The van der Waals surface area contributed by atoms with Crippen LogP contribution in [0.25, 0.3) is 0 Å². The van der Waals surface area contributed by atoms with Crippen LogP contribution in [-0.4, -0.2) is 32.8 Å². The van der Waals surface area contributed by atoms with E-state index in [9.17, 15) is 4.79 Å². The van der Waals surface area contributed by atoms with Gasteiger partial charge in [-0.2, -0.15) is 0 Å². The van der Waals surface area contributed by atoms with Crippen molar-refractivity contribution in [2.75, 3.05) is 26.9 Å². The molecule has 0 bridgehead atoms. The van der Waals surface area contributed by atoms with Gasteiger partial charge in [0.15, 0.2) is 0 Å². The minimum atomic E-state index is 0.00622. The van der Waals surface area contributed by atoms with Crippen molar-refractivity contribution in [2.45, 2.75) is 19.8 Å². The Hall–Kier alpha value is -2.69. The average Bonchev–Trinajstić information content (AvgIpc) is 2.64. The van der Waals surface area contributed by atoms with Crippen LogP contribution >= 0.6 is 0 Å². The Balaban J connectivity index is 1.54. The maximum absolute atomic E-state index is 11.8. The molecule has 2 aromatic rings. The van der Waals surface area contributed by atoms with Gasteiger partial charge in [-0.05, 0) is 49.2 Å². The highest BCUT2D eigenvalue weighted by atomic mass is 16.5. The average molecular weight is 343 g/mol. The van der Waals surface area contributed by atoms with Crippen molar-refractivity contribution in [3.63, 3.8) is 0 Å². The summed E-state index contributed by atoms with van der Waals surface area (Å²) < 4.78 is 16.3. The first-order valence-corrected chi connectivity index (χ1v) is 8.41. The summed E-state index contributed by atoms with van der Waals surface area (Å²) in [6.45, 7) is 3.45. The van der Waals surface area contributed by atoms with Gasteiger partial charge in [0.2, 0.25) is 5.91 Å². The van der Waals surface area contributed by atoms with E-state index in [0.717, 1.165) is 22.8 Å². The molecule has 0 aromatic heterocycles. The van der Waals surface area contributed by atoms with Gasteiger partial charge < -0.3 is 19.5 Å². The van der Waals surface area contributed by atoms with Crippen molar-refractivity contribution in [1.82, 2.24) is 5.32 Å². The fraction of sp³-hybridized carbons (Fsp3) is 0.350. The zero-order valence-corrected chi connectivity index (χ0v) is 14.8. The van der Waals surface area contributed by atoms with Gasteiger partial charge in [-0.1, -0.05) is 18.2 Å². The molecule has 0 aliphatic carbocycles. The maximum Gasteiger partial charge on any atom is 0.220 e. The van der Waals surface area contributed by atoms with Gasteiger partial charge in [-0.15, -0.1) is 0 Å². The first kappa shape index (κ1) is 18.6. The van der Waals surface area contributed by atoms with Gasteiger partial charge in [0, 0.05) is 6.42 Å². The monoisotopic (exact) mass is 343 g/mol. The van der Waals surface area contributed by atoms with E-state index in [-0.39, 0.29) is 5.91 Å². The topological polar surface area (TPSA) is 56.8 Å². The number of rotatable bonds is 10. The second-order valence-electron chi connectivity index (χ2n) is 5.59. The third-order valence-electron chi connectivity index (χ3n) is 3.65. The van der Waals surface area contributed by atoms with Gasteiger partial charge in [-0.3, -0.25) is 4.79 Å². The molecular formula is C20H25NO4. The molecule has 0 atom stereocenters. The molecule has 0 unspecified atom stereocenters. The molecule has 25 heavy (non-hydrogen) atoms. The minimum Gasteiger partial charge on any atom is -0.497 e. The number of benzene rings is 2. The summed E-state index contributed by atoms with van der Waals surface area (Å²) in [5, 5.41) is 2.85. The maximum atomic E-state index is 11.8. The third kappa shape index (κ3) is 6.75. The number of aryl methyl sites for hydroxylation is 1. The molecule has 134 valence electrons. The number of ether oxygens (including phenoxy) is 3. The van der Waals surface area contributed by atoms with Gasteiger partial charge in [0.05, 0.1) is 20.3 Å². The van der Waals surface area contributed by atoms with Crippen LogP contribution in [0.2, 0.25) is 0 Å². The van der Waals surface area contributed by atoms with Crippen molar-refractivity contribution >= 4 is 5.91 Å².